The topological polar surface area (TPSA) is 28.2 Å². The largest absolute Gasteiger partial charge is 0.354 e. The molecule has 116 valence electrons. The van der Waals surface area contributed by atoms with E-state index in [1.54, 1.807) is 0 Å². The first-order chi connectivity index (χ1) is 10.1. The Balaban J connectivity index is 1.65. The highest BCUT2D eigenvalue weighted by Crippen LogP contribution is 2.31. The van der Waals surface area contributed by atoms with Crippen LogP contribution in [0, 0.1) is 12.8 Å². The van der Waals surface area contributed by atoms with Crippen molar-refractivity contribution < 1.29 is 0 Å². The minimum atomic E-state index is 0.742. The number of hydrogen-bond acceptors (Lipinski definition) is 3. The maximum atomic E-state index is 4.90. The molecule has 1 aromatic rings. The lowest BCUT2D eigenvalue weighted by Gasteiger charge is -2.25. The molecule has 1 aromatic heterocycles. The van der Waals surface area contributed by atoms with Crippen LogP contribution in [-0.4, -0.2) is 23.6 Å². The zero-order valence-corrected chi connectivity index (χ0v) is 13.7. The van der Waals surface area contributed by atoms with Gasteiger partial charge in [0.1, 0.15) is 5.82 Å². The van der Waals surface area contributed by atoms with Gasteiger partial charge in [0.05, 0.1) is 0 Å². The molecular formula is C18H29N3. The van der Waals surface area contributed by atoms with E-state index in [1.165, 1.54) is 49.2 Å². The van der Waals surface area contributed by atoms with E-state index < -0.39 is 0 Å². The lowest BCUT2D eigenvalue weighted by molar-refractivity contribution is 0.568. The lowest BCUT2D eigenvalue weighted by Crippen LogP contribution is -2.29. The summed E-state index contributed by atoms with van der Waals surface area (Å²) in [6, 6.07) is 6.01. The zero-order valence-electron chi connectivity index (χ0n) is 13.7. The van der Waals surface area contributed by atoms with Crippen molar-refractivity contribution in [1.29, 1.82) is 0 Å². The van der Waals surface area contributed by atoms with Gasteiger partial charge in [-0.25, -0.2) is 4.98 Å². The van der Waals surface area contributed by atoms with Gasteiger partial charge in [-0.1, -0.05) is 19.9 Å². The second-order valence-electron chi connectivity index (χ2n) is 7.18. The molecule has 1 heterocycles. The molecule has 2 aliphatic rings. The Morgan fingerprint density at radius 2 is 2.00 bits per heavy atom. The maximum Gasteiger partial charge on any atom is 0.129 e. The molecule has 0 aromatic carbocycles. The Hall–Kier alpha value is -1.09. The summed E-state index contributed by atoms with van der Waals surface area (Å²) in [6.45, 7) is 8.88. The van der Waals surface area contributed by atoms with E-state index in [-0.39, 0.29) is 0 Å². The van der Waals surface area contributed by atoms with Crippen LogP contribution >= 0.6 is 0 Å². The Morgan fingerprint density at radius 3 is 2.57 bits per heavy atom. The van der Waals surface area contributed by atoms with E-state index in [4.69, 9.17) is 4.98 Å². The highest BCUT2D eigenvalue weighted by Gasteiger charge is 2.30. The summed E-state index contributed by atoms with van der Waals surface area (Å²) in [5.41, 5.74) is 2.54. The predicted molar refractivity (Wildman–Crippen MR) is 88.7 cm³/mol. The first kappa shape index (κ1) is 14.8. The van der Waals surface area contributed by atoms with Crippen LogP contribution in [0.5, 0.6) is 0 Å². The number of aryl methyl sites for hydroxylation is 1. The molecule has 0 atom stereocenters. The third kappa shape index (κ3) is 4.19. The number of nitrogens with zero attached hydrogens (tertiary/aromatic N) is 2. The molecular weight excluding hydrogens is 258 g/mol. The second kappa shape index (κ2) is 6.35. The SMILES string of the molecule is Cc1nc(N(CCC(C)C)C2CC2)ccc1CNC1CC1. The molecule has 0 amide bonds. The Morgan fingerprint density at radius 1 is 1.24 bits per heavy atom. The van der Waals surface area contributed by atoms with Crippen LogP contribution in [0.1, 0.15) is 57.2 Å². The monoisotopic (exact) mass is 287 g/mol. The summed E-state index contributed by atoms with van der Waals surface area (Å²) < 4.78 is 0. The first-order valence-electron chi connectivity index (χ1n) is 8.60. The average Bonchev–Trinajstić information content (AvgIpc) is 3.31. The lowest BCUT2D eigenvalue weighted by atomic mass is 10.1. The Bertz CT molecular complexity index is 475. The number of aromatic nitrogens is 1. The Kier molecular flexibility index (Phi) is 4.48. The summed E-state index contributed by atoms with van der Waals surface area (Å²) in [6.07, 6.45) is 6.61. The van der Waals surface area contributed by atoms with Gasteiger partial charge in [-0.3, -0.25) is 0 Å². The van der Waals surface area contributed by atoms with Crippen LogP contribution in [0.15, 0.2) is 12.1 Å². The van der Waals surface area contributed by atoms with Crippen LogP contribution in [0.3, 0.4) is 0 Å². The number of nitrogens with one attached hydrogen (secondary N) is 1. The number of rotatable bonds is 8. The summed E-state index contributed by atoms with van der Waals surface area (Å²) in [4.78, 5) is 7.43. The van der Waals surface area contributed by atoms with Crippen molar-refractivity contribution in [2.45, 2.75) is 71.5 Å². The van der Waals surface area contributed by atoms with Crippen molar-refractivity contribution >= 4 is 5.82 Å². The highest BCUT2D eigenvalue weighted by atomic mass is 15.2. The van der Waals surface area contributed by atoms with Gasteiger partial charge >= 0.3 is 0 Å². The van der Waals surface area contributed by atoms with Gasteiger partial charge in [0, 0.05) is 30.9 Å². The molecule has 0 saturated heterocycles. The third-order valence-corrected chi connectivity index (χ3v) is 4.57. The summed E-state index contributed by atoms with van der Waals surface area (Å²) >= 11 is 0. The molecule has 0 bridgehead atoms. The number of pyridine rings is 1. The van der Waals surface area contributed by atoms with E-state index in [0.717, 1.165) is 31.1 Å². The van der Waals surface area contributed by atoms with Crippen molar-refractivity contribution in [2.75, 3.05) is 11.4 Å². The second-order valence-corrected chi connectivity index (χ2v) is 7.18. The van der Waals surface area contributed by atoms with E-state index in [0.29, 0.717) is 0 Å². The summed E-state index contributed by atoms with van der Waals surface area (Å²) in [7, 11) is 0. The van der Waals surface area contributed by atoms with Gasteiger partial charge in [0.2, 0.25) is 0 Å². The van der Waals surface area contributed by atoms with Crippen molar-refractivity contribution in [3.63, 3.8) is 0 Å². The first-order valence-corrected chi connectivity index (χ1v) is 8.60. The fraction of sp³-hybridized carbons (Fsp3) is 0.722. The molecule has 1 N–H and O–H groups in total. The van der Waals surface area contributed by atoms with Crippen molar-refractivity contribution in [3.8, 4) is 0 Å². The number of anilines is 1. The molecule has 3 heteroatoms. The zero-order chi connectivity index (χ0) is 14.8. The highest BCUT2D eigenvalue weighted by molar-refractivity contribution is 5.44. The molecule has 0 radical (unpaired) electrons. The van der Waals surface area contributed by atoms with Gasteiger partial charge in [-0.15, -0.1) is 0 Å². The average molecular weight is 287 g/mol. The van der Waals surface area contributed by atoms with Gasteiger partial charge in [-0.2, -0.15) is 0 Å². The molecule has 3 nitrogen and oxygen atoms in total. The maximum absolute atomic E-state index is 4.90. The van der Waals surface area contributed by atoms with Crippen LogP contribution < -0.4 is 10.2 Å². The Labute approximate surface area is 129 Å². The van der Waals surface area contributed by atoms with Crippen LogP contribution in [-0.2, 0) is 6.54 Å². The minimum Gasteiger partial charge on any atom is -0.354 e. The number of hydrogen-bond donors (Lipinski definition) is 1. The van der Waals surface area contributed by atoms with Gasteiger partial charge in [0.15, 0.2) is 0 Å². The molecule has 2 saturated carbocycles. The molecule has 0 unspecified atom stereocenters. The summed E-state index contributed by atoms with van der Waals surface area (Å²) in [5.74, 6) is 1.94. The fourth-order valence-corrected chi connectivity index (χ4v) is 2.73. The van der Waals surface area contributed by atoms with Crippen molar-refractivity contribution in [1.82, 2.24) is 10.3 Å². The quantitative estimate of drug-likeness (QED) is 0.791. The van der Waals surface area contributed by atoms with E-state index in [2.05, 4.69) is 43.1 Å². The standard InChI is InChI=1S/C18H29N3/c1-13(2)10-11-21(17-7-8-17)18-9-4-15(14(3)20-18)12-19-16-5-6-16/h4,9,13,16-17,19H,5-8,10-12H2,1-3H3. The molecule has 0 spiro atoms. The normalized spacial score (nSPS) is 18.3. The molecule has 21 heavy (non-hydrogen) atoms. The van der Waals surface area contributed by atoms with Gasteiger partial charge in [0.25, 0.3) is 0 Å². The van der Waals surface area contributed by atoms with Crippen LogP contribution in [0.2, 0.25) is 0 Å². The molecule has 2 fully saturated rings. The van der Waals surface area contributed by atoms with E-state index in [1.807, 2.05) is 0 Å². The predicted octanol–water partition coefficient (Wildman–Crippen LogP) is 3.66. The fourth-order valence-electron chi connectivity index (χ4n) is 2.73. The smallest absolute Gasteiger partial charge is 0.129 e. The van der Waals surface area contributed by atoms with Gasteiger partial charge in [-0.05, 0) is 56.6 Å². The molecule has 3 rings (SSSR count). The third-order valence-electron chi connectivity index (χ3n) is 4.57. The van der Waals surface area contributed by atoms with Gasteiger partial charge < -0.3 is 10.2 Å². The van der Waals surface area contributed by atoms with Crippen LogP contribution in [0.4, 0.5) is 5.82 Å². The van der Waals surface area contributed by atoms with Crippen molar-refractivity contribution in [3.05, 3.63) is 23.4 Å². The van der Waals surface area contributed by atoms with E-state index >= 15 is 0 Å². The van der Waals surface area contributed by atoms with Crippen LogP contribution in [0.25, 0.3) is 0 Å². The molecule has 0 aliphatic heterocycles. The summed E-state index contributed by atoms with van der Waals surface area (Å²) in [5, 5.41) is 3.58. The van der Waals surface area contributed by atoms with Crippen molar-refractivity contribution in [2.24, 2.45) is 5.92 Å². The minimum absolute atomic E-state index is 0.742. The van der Waals surface area contributed by atoms with E-state index in [9.17, 15) is 0 Å². The molecule has 2 aliphatic carbocycles.